The van der Waals surface area contributed by atoms with E-state index in [1.807, 2.05) is 0 Å². The van der Waals surface area contributed by atoms with E-state index in [9.17, 15) is 18.0 Å². The molecule has 4 saturated carbocycles. The molecule has 4 fully saturated rings. The highest BCUT2D eigenvalue weighted by molar-refractivity contribution is 6.33. The van der Waals surface area contributed by atoms with E-state index in [4.69, 9.17) is 11.6 Å². The number of halogens is 4. The van der Waals surface area contributed by atoms with Crippen LogP contribution in [0, 0.1) is 23.2 Å². The van der Waals surface area contributed by atoms with Gasteiger partial charge in [0.25, 0.3) is 0 Å². The quantitative estimate of drug-likeness (QED) is 0.631. The van der Waals surface area contributed by atoms with Crippen molar-refractivity contribution >= 4 is 23.3 Å². The molecule has 0 heterocycles. The summed E-state index contributed by atoms with van der Waals surface area (Å²) >= 11 is 5.93. The second-order valence-electron chi connectivity index (χ2n) is 8.74. The molecule has 0 unspecified atom stereocenters. The maximum Gasteiger partial charge on any atom is 0.416 e. The molecule has 1 aromatic carbocycles. The molecule has 0 aromatic heterocycles. The number of urea groups is 1. The topological polar surface area (TPSA) is 41.1 Å². The van der Waals surface area contributed by atoms with E-state index in [-0.39, 0.29) is 10.7 Å². The van der Waals surface area contributed by atoms with Gasteiger partial charge in [0.1, 0.15) is 0 Å². The lowest BCUT2D eigenvalue weighted by molar-refractivity contribution is -0.137. The Morgan fingerprint density at radius 2 is 1.70 bits per heavy atom. The van der Waals surface area contributed by atoms with Crippen LogP contribution in [0.2, 0.25) is 5.02 Å². The lowest BCUT2D eigenvalue weighted by Gasteiger charge is -2.57. The summed E-state index contributed by atoms with van der Waals surface area (Å²) < 4.78 is 38.5. The third-order valence-corrected chi connectivity index (χ3v) is 6.98. The SMILES string of the molecule is O=C(NCCC12CC3CC(CC(C3)C1)C2)Nc1cc(C(F)(F)F)ccc1Cl. The highest BCUT2D eigenvalue weighted by Gasteiger charge is 2.50. The van der Waals surface area contributed by atoms with Gasteiger partial charge >= 0.3 is 12.2 Å². The predicted octanol–water partition coefficient (Wildman–Crippen LogP) is 6.09. The minimum Gasteiger partial charge on any atom is -0.338 e. The molecule has 2 N–H and O–H groups in total. The minimum atomic E-state index is -4.48. The molecule has 148 valence electrons. The molecule has 2 amide bonds. The van der Waals surface area contributed by atoms with Gasteiger partial charge in [0.2, 0.25) is 0 Å². The third kappa shape index (κ3) is 4.05. The Morgan fingerprint density at radius 3 is 2.26 bits per heavy atom. The van der Waals surface area contributed by atoms with E-state index >= 15 is 0 Å². The lowest BCUT2D eigenvalue weighted by atomic mass is 9.49. The van der Waals surface area contributed by atoms with Gasteiger partial charge in [-0.25, -0.2) is 4.79 Å². The Hall–Kier alpha value is -1.43. The first-order valence-corrected chi connectivity index (χ1v) is 10.0. The molecular formula is C20H24ClF3N2O. The first-order valence-electron chi connectivity index (χ1n) is 9.64. The monoisotopic (exact) mass is 400 g/mol. The van der Waals surface area contributed by atoms with Crippen molar-refractivity contribution < 1.29 is 18.0 Å². The summed E-state index contributed by atoms with van der Waals surface area (Å²) in [5.74, 6) is 2.57. The highest BCUT2D eigenvalue weighted by atomic mass is 35.5. The number of carbonyl (C=O) groups is 1. The fourth-order valence-electron chi connectivity index (χ4n) is 6.00. The van der Waals surface area contributed by atoms with E-state index in [1.165, 1.54) is 38.5 Å². The van der Waals surface area contributed by atoms with Gasteiger partial charge in [-0.1, -0.05) is 11.6 Å². The van der Waals surface area contributed by atoms with Crippen molar-refractivity contribution in [2.24, 2.45) is 23.2 Å². The largest absolute Gasteiger partial charge is 0.416 e. The number of benzene rings is 1. The zero-order chi connectivity index (χ0) is 19.2. The smallest absolute Gasteiger partial charge is 0.338 e. The zero-order valence-corrected chi connectivity index (χ0v) is 15.8. The first kappa shape index (κ1) is 18.9. The standard InChI is InChI=1S/C20H24ClF3N2O/c21-16-2-1-15(20(22,23)24)8-17(16)26-18(27)25-4-3-19-9-12-5-13(10-19)7-14(6-12)11-19/h1-2,8,12-14H,3-7,9-11H2,(H2,25,26,27). The zero-order valence-electron chi connectivity index (χ0n) is 15.0. The fourth-order valence-corrected chi connectivity index (χ4v) is 6.17. The number of hydrogen-bond donors (Lipinski definition) is 2. The molecule has 0 spiro atoms. The molecule has 0 atom stereocenters. The van der Waals surface area contributed by atoms with Crippen molar-refractivity contribution in [3.8, 4) is 0 Å². The minimum absolute atomic E-state index is 0.0289. The maximum atomic E-state index is 12.8. The second kappa shape index (κ2) is 6.87. The van der Waals surface area contributed by atoms with E-state index < -0.39 is 17.8 Å². The van der Waals surface area contributed by atoms with E-state index in [0.29, 0.717) is 12.0 Å². The van der Waals surface area contributed by atoms with Crippen LogP contribution in [0.15, 0.2) is 18.2 Å². The van der Waals surface area contributed by atoms with E-state index in [0.717, 1.165) is 42.4 Å². The first-order chi connectivity index (χ1) is 12.7. The van der Waals surface area contributed by atoms with Gasteiger partial charge < -0.3 is 10.6 Å². The Labute approximate surface area is 162 Å². The molecule has 4 aliphatic carbocycles. The number of hydrogen-bond acceptors (Lipinski definition) is 1. The van der Waals surface area contributed by atoms with Crippen molar-refractivity contribution in [3.05, 3.63) is 28.8 Å². The number of anilines is 1. The molecule has 0 radical (unpaired) electrons. The molecule has 0 aliphatic heterocycles. The Morgan fingerprint density at radius 1 is 1.11 bits per heavy atom. The maximum absolute atomic E-state index is 12.8. The number of carbonyl (C=O) groups excluding carboxylic acids is 1. The van der Waals surface area contributed by atoms with Crippen molar-refractivity contribution in [1.82, 2.24) is 5.32 Å². The Kier molecular flexibility index (Phi) is 4.81. The predicted molar refractivity (Wildman–Crippen MR) is 98.7 cm³/mol. The molecule has 1 aromatic rings. The normalized spacial score (nSPS) is 31.8. The molecule has 7 heteroatoms. The molecule has 4 bridgehead atoms. The van der Waals surface area contributed by atoms with Crippen molar-refractivity contribution in [2.45, 2.75) is 51.1 Å². The summed E-state index contributed by atoms with van der Waals surface area (Å²) in [6.07, 6.45) is 4.39. The van der Waals surface area contributed by atoms with Gasteiger partial charge in [0.05, 0.1) is 16.3 Å². The number of nitrogens with one attached hydrogen (secondary N) is 2. The molecule has 0 saturated heterocycles. The van der Waals surface area contributed by atoms with Gasteiger partial charge in [-0.3, -0.25) is 0 Å². The van der Waals surface area contributed by atoms with Gasteiger partial charge in [0.15, 0.2) is 0 Å². The summed E-state index contributed by atoms with van der Waals surface area (Å²) in [5, 5.41) is 5.33. The molecule has 27 heavy (non-hydrogen) atoms. The van der Waals surface area contributed by atoms with E-state index in [2.05, 4.69) is 10.6 Å². The number of alkyl halides is 3. The van der Waals surface area contributed by atoms with Crippen LogP contribution in [-0.2, 0) is 6.18 Å². The summed E-state index contributed by atoms with van der Waals surface area (Å²) in [7, 11) is 0. The molecule has 4 aliphatic rings. The number of rotatable bonds is 4. The van der Waals surface area contributed by atoms with Crippen LogP contribution in [0.25, 0.3) is 0 Å². The highest BCUT2D eigenvalue weighted by Crippen LogP contribution is 2.61. The Bertz CT molecular complexity index is 699. The van der Waals surface area contributed by atoms with Gasteiger partial charge in [-0.15, -0.1) is 0 Å². The second-order valence-corrected chi connectivity index (χ2v) is 9.15. The van der Waals surface area contributed by atoms with Crippen LogP contribution >= 0.6 is 11.6 Å². The van der Waals surface area contributed by atoms with Gasteiger partial charge in [-0.2, -0.15) is 13.2 Å². The summed E-state index contributed by atoms with van der Waals surface area (Å²) in [5.41, 5.74) is -0.509. The van der Waals surface area contributed by atoms with E-state index in [1.54, 1.807) is 0 Å². The molecule has 5 rings (SSSR count). The van der Waals surface area contributed by atoms with Crippen molar-refractivity contribution in [3.63, 3.8) is 0 Å². The summed E-state index contributed by atoms with van der Waals surface area (Å²) in [6.45, 7) is 0.536. The summed E-state index contributed by atoms with van der Waals surface area (Å²) in [4.78, 5) is 12.1. The van der Waals surface area contributed by atoms with Crippen molar-refractivity contribution in [1.29, 1.82) is 0 Å². The van der Waals surface area contributed by atoms with Crippen LogP contribution in [-0.4, -0.2) is 12.6 Å². The van der Waals surface area contributed by atoms with Gasteiger partial charge in [0, 0.05) is 6.54 Å². The average molecular weight is 401 g/mol. The summed E-state index contributed by atoms with van der Waals surface area (Å²) in [6, 6.07) is 2.40. The van der Waals surface area contributed by atoms with Crippen LogP contribution in [0.1, 0.15) is 50.5 Å². The average Bonchev–Trinajstić information content (AvgIpc) is 2.54. The van der Waals surface area contributed by atoms with Crippen LogP contribution in [0.5, 0.6) is 0 Å². The lowest BCUT2D eigenvalue weighted by Crippen LogP contribution is -2.47. The molecular weight excluding hydrogens is 377 g/mol. The van der Waals surface area contributed by atoms with Gasteiger partial charge in [-0.05, 0) is 86.3 Å². The number of amides is 2. The van der Waals surface area contributed by atoms with Crippen LogP contribution in [0.4, 0.5) is 23.7 Å². The third-order valence-electron chi connectivity index (χ3n) is 6.65. The fraction of sp³-hybridized carbons (Fsp3) is 0.650. The van der Waals surface area contributed by atoms with Crippen LogP contribution in [0.3, 0.4) is 0 Å². The molecule has 3 nitrogen and oxygen atoms in total. The Balaban J connectivity index is 1.32. The van der Waals surface area contributed by atoms with Crippen molar-refractivity contribution in [2.75, 3.05) is 11.9 Å². The van der Waals surface area contributed by atoms with Crippen LogP contribution < -0.4 is 10.6 Å².